The molecule has 0 amide bonds. The van der Waals surface area contributed by atoms with Crippen LogP contribution in [0.4, 0.5) is 0 Å². The third-order valence-electron chi connectivity index (χ3n) is 7.05. The third-order valence-corrected chi connectivity index (χ3v) is 7.05. The second-order valence-electron chi connectivity index (χ2n) is 10.7. The van der Waals surface area contributed by atoms with Crippen molar-refractivity contribution in [1.82, 2.24) is 29.7 Å². The van der Waals surface area contributed by atoms with E-state index in [1.807, 2.05) is 0 Å². The summed E-state index contributed by atoms with van der Waals surface area (Å²) in [4.78, 5) is 66.0. The van der Waals surface area contributed by atoms with Crippen molar-refractivity contribution in [2.75, 3.05) is 59.5 Å². The maximum absolute atomic E-state index is 11.7. The molecule has 15 nitrogen and oxygen atoms in total. The molecule has 1 aliphatic rings. The minimum atomic E-state index is -1.05. The van der Waals surface area contributed by atoms with Gasteiger partial charge in [0.25, 0.3) is 0 Å². The zero-order valence-electron chi connectivity index (χ0n) is 25.4. The normalized spacial score (nSPS) is 15.0. The van der Waals surface area contributed by atoms with E-state index in [4.69, 9.17) is 19.7 Å². The summed E-state index contributed by atoms with van der Waals surface area (Å²) in [7, 11) is 1.27. The first-order chi connectivity index (χ1) is 22.1. The molecule has 244 valence electrons. The molecule has 0 spiro atoms. The molecular formula is C31H36N6O9. The predicted molar refractivity (Wildman–Crippen MR) is 162 cm³/mol. The third kappa shape index (κ3) is 10.7. The minimum absolute atomic E-state index is 0.0720. The maximum Gasteiger partial charge on any atom is 0.331 e. The van der Waals surface area contributed by atoms with E-state index >= 15 is 0 Å². The van der Waals surface area contributed by atoms with E-state index in [-0.39, 0.29) is 72.1 Å². The van der Waals surface area contributed by atoms with Crippen LogP contribution >= 0.6 is 0 Å². The lowest BCUT2D eigenvalue weighted by molar-refractivity contribution is -0.146. The number of aromatic nitrogens is 3. The van der Waals surface area contributed by atoms with Crippen LogP contribution in [0.15, 0.2) is 48.5 Å². The summed E-state index contributed by atoms with van der Waals surface area (Å²) in [6.07, 6.45) is 0. The van der Waals surface area contributed by atoms with Crippen LogP contribution in [0.5, 0.6) is 0 Å². The summed E-state index contributed by atoms with van der Waals surface area (Å²) < 4.78 is 10.2. The average molecular weight is 637 g/mol. The van der Waals surface area contributed by atoms with Crippen molar-refractivity contribution in [2.24, 2.45) is 0 Å². The van der Waals surface area contributed by atoms with Gasteiger partial charge in [0.15, 0.2) is 0 Å². The fraction of sp³-hybridized carbons (Fsp3) is 0.387. The van der Waals surface area contributed by atoms with Crippen LogP contribution in [-0.2, 0) is 48.3 Å². The number of carboxylic acid groups (broad SMARTS) is 3. The van der Waals surface area contributed by atoms with Gasteiger partial charge in [0.05, 0.1) is 67.5 Å². The highest BCUT2D eigenvalue weighted by Crippen LogP contribution is 2.24. The fourth-order valence-electron chi connectivity index (χ4n) is 4.96. The van der Waals surface area contributed by atoms with Crippen molar-refractivity contribution in [3.05, 3.63) is 65.5 Å². The van der Waals surface area contributed by atoms with E-state index in [9.17, 15) is 34.5 Å². The first-order valence-electron chi connectivity index (χ1n) is 14.5. The number of esters is 1. The van der Waals surface area contributed by atoms with E-state index in [0.717, 1.165) is 0 Å². The van der Waals surface area contributed by atoms with E-state index in [1.54, 1.807) is 63.2 Å². The number of rotatable bonds is 10. The summed E-state index contributed by atoms with van der Waals surface area (Å²) in [5.41, 5.74) is 3.86. The monoisotopic (exact) mass is 636 g/mol. The highest BCUT2D eigenvalue weighted by molar-refractivity contribution is 5.71. The molecular weight excluding hydrogens is 600 g/mol. The zero-order valence-corrected chi connectivity index (χ0v) is 25.4. The lowest BCUT2D eigenvalue weighted by Gasteiger charge is -2.28. The fourth-order valence-corrected chi connectivity index (χ4v) is 4.96. The summed E-state index contributed by atoms with van der Waals surface area (Å²) >= 11 is 0. The lowest BCUT2D eigenvalue weighted by Crippen LogP contribution is -2.43. The molecule has 3 aromatic heterocycles. The van der Waals surface area contributed by atoms with Crippen molar-refractivity contribution >= 4 is 23.9 Å². The SMILES string of the molecule is COC(=O)COCc1cc2nc(c1)-c1cccc(n1)CN(CC(=O)O)CCN(CC(=O)O)CCN(CC(=O)O)Cc1cccc-2n1. The molecule has 46 heavy (non-hydrogen) atoms. The second kappa shape index (κ2) is 16.5. The molecule has 3 aromatic rings. The Morgan fingerprint density at radius 1 is 0.674 bits per heavy atom. The van der Waals surface area contributed by atoms with Crippen molar-refractivity contribution in [2.45, 2.75) is 19.7 Å². The van der Waals surface area contributed by atoms with E-state index in [1.165, 1.54) is 7.11 Å². The Hall–Kier alpha value is -4.83. The molecule has 0 fully saturated rings. The number of pyridine rings is 3. The van der Waals surface area contributed by atoms with Crippen LogP contribution in [0.2, 0.25) is 0 Å². The standard InChI is InChI=1S/C31H36N6O9/c1-45-31(44)20-46-19-21-12-26-24-6-2-4-22(32-24)14-36(17-29(40)41)10-8-35(16-28(38)39)9-11-37(18-30(42)43)15-23-5-3-7-25(33-23)27(13-21)34-26/h2-7,12-13H,8-11,14-20H2,1H3,(H,38,39)(H,40,41)(H,42,43). The topological polar surface area (TPSA) is 196 Å². The number of aliphatic carboxylic acids is 3. The average Bonchev–Trinajstić information content (AvgIpc) is 3.01. The minimum Gasteiger partial charge on any atom is -0.480 e. The largest absolute Gasteiger partial charge is 0.480 e. The van der Waals surface area contributed by atoms with Crippen LogP contribution in [0.1, 0.15) is 17.0 Å². The van der Waals surface area contributed by atoms with Gasteiger partial charge in [-0.05, 0) is 42.0 Å². The number of methoxy groups -OCH3 is 1. The molecule has 4 heterocycles. The molecule has 0 aliphatic carbocycles. The molecule has 0 saturated carbocycles. The van der Waals surface area contributed by atoms with Crippen LogP contribution in [0.25, 0.3) is 22.8 Å². The Balaban J connectivity index is 1.78. The first kappa shape index (κ1) is 34.1. The molecule has 0 radical (unpaired) electrons. The number of nitrogens with zero attached hydrogens (tertiary/aromatic N) is 6. The van der Waals surface area contributed by atoms with Gasteiger partial charge in [0.1, 0.15) is 6.61 Å². The Morgan fingerprint density at radius 3 is 1.59 bits per heavy atom. The Labute approximate surface area is 265 Å². The van der Waals surface area contributed by atoms with E-state index in [0.29, 0.717) is 39.7 Å². The smallest absolute Gasteiger partial charge is 0.331 e. The molecule has 6 bridgehead atoms. The van der Waals surface area contributed by atoms with Crippen LogP contribution in [0, 0.1) is 0 Å². The van der Waals surface area contributed by atoms with E-state index < -0.39 is 23.9 Å². The van der Waals surface area contributed by atoms with Crippen LogP contribution in [0.3, 0.4) is 0 Å². The van der Waals surface area contributed by atoms with Crippen molar-refractivity contribution in [3.8, 4) is 22.8 Å². The van der Waals surface area contributed by atoms with E-state index in [2.05, 4.69) is 4.74 Å². The lowest BCUT2D eigenvalue weighted by atomic mass is 10.1. The number of hydrogen-bond donors (Lipinski definition) is 3. The summed E-state index contributed by atoms with van der Waals surface area (Å²) in [6.45, 7) is 0.188. The van der Waals surface area contributed by atoms with Gasteiger partial charge in [-0.3, -0.25) is 29.1 Å². The van der Waals surface area contributed by atoms with Crippen molar-refractivity contribution in [3.63, 3.8) is 0 Å². The number of carbonyl (C=O) groups excluding carboxylic acids is 1. The van der Waals surface area contributed by atoms with Gasteiger partial charge in [0.2, 0.25) is 0 Å². The number of ether oxygens (including phenoxy) is 2. The van der Waals surface area contributed by atoms with Gasteiger partial charge in [-0.25, -0.2) is 19.7 Å². The zero-order chi connectivity index (χ0) is 33.1. The predicted octanol–water partition coefficient (Wildman–Crippen LogP) is 1.07. The number of carbonyl (C=O) groups is 4. The summed E-state index contributed by atoms with van der Waals surface area (Å²) in [6, 6.07) is 14.2. The summed E-state index contributed by atoms with van der Waals surface area (Å²) in [5.74, 6) is -3.66. The Morgan fingerprint density at radius 2 is 1.13 bits per heavy atom. The molecule has 0 unspecified atom stereocenters. The number of fused-ring (bicyclic) bond motifs is 8. The van der Waals surface area contributed by atoms with Gasteiger partial charge in [-0.15, -0.1) is 0 Å². The number of hydrogen-bond acceptors (Lipinski definition) is 12. The molecule has 1 aliphatic heterocycles. The van der Waals surface area contributed by atoms with Gasteiger partial charge in [-0.2, -0.15) is 0 Å². The second-order valence-corrected chi connectivity index (χ2v) is 10.7. The maximum atomic E-state index is 11.7. The van der Waals surface area contributed by atoms with Gasteiger partial charge >= 0.3 is 23.9 Å². The number of carboxylic acids is 3. The molecule has 4 rings (SSSR count). The molecule has 0 saturated heterocycles. The molecule has 0 aromatic carbocycles. The van der Waals surface area contributed by atoms with Gasteiger partial charge in [-0.1, -0.05) is 12.1 Å². The van der Waals surface area contributed by atoms with Crippen LogP contribution in [-0.4, -0.2) is 128 Å². The Bertz CT molecular complexity index is 1460. The molecule has 3 N–H and O–H groups in total. The summed E-state index contributed by atoms with van der Waals surface area (Å²) in [5, 5.41) is 28.7. The highest BCUT2D eigenvalue weighted by atomic mass is 16.6. The van der Waals surface area contributed by atoms with Crippen molar-refractivity contribution < 1.29 is 44.0 Å². The first-order valence-corrected chi connectivity index (χ1v) is 14.5. The molecule has 0 atom stereocenters. The highest BCUT2D eigenvalue weighted by Gasteiger charge is 2.20. The quantitative estimate of drug-likeness (QED) is 0.267. The van der Waals surface area contributed by atoms with Crippen LogP contribution < -0.4 is 0 Å². The van der Waals surface area contributed by atoms with Gasteiger partial charge < -0.3 is 24.8 Å². The van der Waals surface area contributed by atoms with Gasteiger partial charge in [0, 0.05) is 39.3 Å². The Kier molecular flexibility index (Phi) is 12.2. The van der Waals surface area contributed by atoms with Crippen molar-refractivity contribution in [1.29, 1.82) is 0 Å². The molecule has 15 heteroatoms.